The number of ether oxygens (including phenoxy) is 2. The van der Waals surface area contributed by atoms with Crippen molar-refractivity contribution in [3.8, 4) is 17.2 Å². The summed E-state index contributed by atoms with van der Waals surface area (Å²) in [6.07, 6.45) is 4.42. The van der Waals surface area contributed by atoms with E-state index in [1.54, 1.807) is 24.3 Å². The van der Waals surface area contributed by atoms with E-state index in [4.69, 9.17) is 9.47 Å². The summed E-state index contributed by atoms with van der Waals surface area (Å²) in [7, 11) is -3.50. The van der Waals surface area contributed by atoms with Crippen LogP contribution in [0.1, 0.15) is 32.6 Å². The SMILES string of the molecule is CCOc1ccc(Oc2ccc(S(=O)(=O)NCCCCN3CCCC3)cc2)cc1. The van der Waals surface area contributed by atoms with Crippen LogP contribution in [0.25, 0.3) is 0 Å². The zero-order valence-corrected chi connectivity index (χ0v) is 17.8. The highest BCUT2D eigenvalue weighted by Gasteiger charge is 2.14. The molecule has 1 aliphatic rings. The quantitative estimate of drug-likeness (QED) is 0.558. The van der Waals surface area contributed by atoms with Gasteiger partial charge < -0.3 is 14.4 Å². The van der Waals surface area contributed by atoms with Crippen molar-refractivity contribution in [2.75, 3.05) is 32.8 Å². The van der Waals surface area contributed by atoms with Crippen LogP contribution in [0.4, 0.5) is 0 Å². The van der Waals surface area contributed by atoms with Crippen LogP contribution >= 0.6 is 0 Å². The standard InChI is InChI=1S/C22H30N2O4S/c1-2-27-19-7-9-20(10-8-19)28-21-11-13-22(14-12-21)29(25,26)23-15-3-4-16-24-17-5-6-18-24/h7-14,23H,2-6,15-18H2,1H3. The monoisotopic (exact) mass is 418 g/mol. The Morgan fingerprint density at radius 3 is 2.10 bits per heavy atom. The molecule has 2 aromatic carbocycles. The van der Waals surface area contributed by atoms with E-state index < -0.39 is 10.0 Å². The van der Waals surface area contributed by atoms with Crippen molar-refractivity contribution in [3.05, 3.63) is 48.5 Å². The molecular weight excluding hydrogens is 388 g/mol. The fourth-order valence-corrected chi connectivity index (χ4v) is 4.42. The Morgan fingerprint density at radius 1 is 0.897 bits per heavy atom. The molecule has 158 valence electrons. The predicted molar refractivity (Wildman–Crippen MR) is 114 cm³/mol. The minimum Gasteiger partial charge on any atom is -0.494 e. The van der Waals surface area contributed by atoms with E-state index in [1.807, 2.05) is 31.2 Å². The van der Waals surface area contributed by atoms with Gasteiger partial charge in [-0.25, -0.2) is 13.1 Å². The number of likely N-dealkylation sites (tertiary alicyclic amines) is 1. The van der Waals surface area contributed by atoms with E-state index in [2.05, 4.69) is 9.62 Å². The molecule has 0 amide bonds. The first-order chi connectivity index (χ1) is 14.1. The Labute approximate surface area is 173 Å². The molecule has 0 unspecified atom stereocenters. The first kappa shape index (κ1) is 21.6. The van der Waals surface area contributed by atoms with E-state index in [9.17, 15) is 8.42 Å². The topological polar surface area (TPSA) is 67.9 Å². The minimum absolute atomic E-state index is 0.246. The van der Waals surface area contributed by atoms with Crippen molar-refractivity contribution in [2.24, 2.45) is 0 Å². The average molecular weight is 419 g/mol. The summed E-state index contributed by atoms with van der Waals surface area (Å²) in [5, 5.41) is 0. The van der Waals surface area contributed by atoms with Crippen molar-refractivity contribution in [3.63, 3.8) is 0 Å². The molecule has 0 atom stereocenters. The number of rotatable bonds is 11. The maximum Gasteiger partial charge on any atom is 0.240 e. The molecule has 29 heavy (non-hydrogen) atoms. The molecule has 2 aromatic rings. The van der Waals surface area contributed by atoms with Crippen molar-refractivity contribution >= 4 is 10.0 Å². The molecule has 1 aliphatic heterocycles. The lowest BCUT2D eigenvalue weighted by atomic mass is 10.3. The summed E-state index contributed by atoms with van der Waals surface area (Å²) in [5.41, 5.74) is 0. The van der Waals surface area contributed by atoms with E-state index in [0.29, 0.717) is 24.7 Å². The summed E-state index contributed by atoms with van der Waals surface area (Å²) in [5.74, 6) is 2.03. The molecule has 1 N–H and O–H groups in total. The molecular formula is C22H30N2O4S. The van der Waals surface area contributed by atoms with Crippen LogP contribution in [0.2, 0.25) is 0 Å². The second-order valence-electron chi connectivity index (χ2n) is 7.13. The molecule has 6 nitrogen and oxygen atoms in total. The number of benzene rings is 2. The Morgan fingerprint density at radius 2 is 1.48 bits per heavy atom. The maximum absolute atomic E-state index is 12.4. The molecule has 1 fully saturated rings. The van der Waals surface area contributed by atoms with Crippen LogP contribution in [0.15, 0.2) is 53.4 Å². The number of nitrogens with zero attached hydrogens (tertiary/aromatic N) is 1. The number of nitrogens with one attached hydrogen (secondary N) is 1. The lowest BCUT2D eigenvalue weighted by Crippen LogP contribution is -2.26. The Bertz CT molecular complexity index is 845. The van der Waals surface area contributed by atoms with Crippen LogP contribution < -0.4 is 14.2 Å². The second-order valence-corrected chi connectivity index (χ2v) is 8.90. The van der Waals surface area contributed by atoms with Gasteiger partial charge in [0.2, 0.25) is 10.0 Å². The normalized spacial score (nSPS) is 14.8. The number of hydrogen-bond acceptors (Lipinski definition) is 5. The second kappa shape index (κ2) is 10.6. The third-order valence-electron chi connectivity index (χ3n) is 4.90. The smallest absolute Gasteiger partial charge is 0.240 e. The van der Waals surface area contributed by atoms with Gasteiger partial charge >= 0.3 is 0 Å². The Balaban J connectivity index is 1.46. The van der Waals surface area contributed by atoms with Gasteiger partial charge in [0.15, 0.2) is 0 Å². The van der Waals surface area contributed by atoms with Crippen LogP contribution in [0.5, 0.6) is 17.2 Å². The summed E-state index contributed by atoms with van der Waals surface area (Å²) in [6, 6.07) is 13.8. The van der Waals surface area contributed by atoms with Gasteiger partial charge in [0.25, 0.3) is 0 Å². The lowest BCUT2D eigenvalue weighted by Gasteiger charge is -2.14. The third kappa shape index (κ3) is 6.73. The van der Waals surface area contributed by atoms with E-state index in [1.165, 1.54) is 25.9 Å². The van der Waals surface area contributed by atoms with Crippen molar-refractivity contribution in [1.82, 2.24) is 9.62 Å². The number of sulfonamides is 1. The Kier molecular flexibility index (Phi) is 7.91. The van der Waals surface area contributed by atoms with E-state index in [-0.39, 0.29) is 4.90 Å². The fourth-order valence-electron chi connectivity index (χ4n) is 3.35. The van der Waals surface area contributed by atoms with Gasteiger partial charge in [0.1, 0.15) is 17.2 Å². The summed E-state index contributed by atoms with van der Waals surface area (Å²) >= 11 is 0. The highest BCUT2D eigenvalue weighted by atomic mass is 32.2. The van der Waals surface area contributed by atoms with Gasteiger partial charge in [0.05, 0.1) is 11.5 Å². The van der Waals surface area contributed by atoms with Gasteiger partial charge in [-0.05, 0) is 101 Å². The molecule has 0 saturated carbocycles. The lowest BCUT2D eigenvalue weighted by molar-refractivity contribution is 0.330. The predicted octanol–water partition coefficient (Wildman–Crippen LogP) is 4.03. The first-order valence-electron chi connectivity index (χ1n) is 10.3. The van der Waals surface area contributed by atoms with Gasteiger partial charge in [-0.1, -0.05) is 0 Å². The summed E-state index contributed by atoms with van der Waals surface area (Å²) in [6.45, 7) is 6.42. The summed E-state index contributed by atoms with van der Waals surface area (Å²) in [4.78, 5) is 2.69. The van der Waals surface area contributed by atoms with Crippen LogP contribution in [-0.2, 0) is 10.0 Å². The molecule has 1 heterocycles. The van der Waals surface area contributed by atoms with E-state index in [0.717, 1.165) is 25.1 Å². The molecule has 0 aromatic heterocycles. The van der Waals surface area contributed by atoms with Gasteiger partial charge in [-0.3, -0.25) is 0 Å². The zero-order chi connectivity index (χ0) is 20.5. The molecule has 0 bridgehead atoms. The largest absolute Gasteiger partial charge is 0.494 e. The molecule has 0 spiro atoms. The van der Waals surface area contributed by atoms with Crippen molar-refractivity contribution < 1.29 is 17.9 Å². The highest BCUT2D eigenvalue weighted by molar-refractivity contribution is 7.89. The van der Waals surface area contributed by atoms with Crippen molar-refractivity contribution in [2.45, 2.75) is 37.5 Å². The molecule has 7 heteroatoms. The molecule has 0 aliphatic carbocycles. The van der Waals surface area contributed by atoms with Gasteiger partial charge in [0, 0.05) is 6.54 Å². The number of unbranched alkanes of at least 4 members (excludes halogenated alkanes) is 1. The van der Waals surface area contributed by atoms with Crippen LogP contribution in [0.3, 0.4) is 0 Å². The average Bonchev–Trinajstić information content (AvgIpc) is 3.23. The van der Waals surface area contributed by atoms with Crippen LogP contribution in [0, 0.1) is 0 Å². The zero-order valence-electron chi connectivity index (χ0n) is 17.0. The maximum atomic E-state index is 12.4. The third-order valence-corrected chi connectivity index (χ3v) is 6.37. The highest BCUT2D eigenvalue weighted by Crippen LogP contribution is 2.25. The van der Waals surface area contributed by atoms with Crippen molar-refractivity contribution in [1.29, 1.82) is 0 Å². The number of hydrogen-bond donors (Lipinski definition) is 1. The van der Waals surface area contributed by atoms with E-state index >= 15 is 0 Å². The van der Waals surface area contributed by atoms with Gasteiger partial charge in [-0.15, -0.1) is 0 Å². The Hall–Kier alpha value is -2.09. The minimum atomic E-state index is -3.50. The van der Waals surface area contributed by atoms with Gasteiger partial charge in [-0.2, -0.15) is 0 Å². The summed E-state index contributed by atoms with van der Waals surface area (Å²) < 4.78 is 38.7. The fraction of sp³-hybridized carbons (Fsp3) is 0.455. The molecule has 0 radical (unpaired) electrons. The first-order valence-corrected chi connectivity index (χ1v) is 11.8. The molecule has 3 rings (SSSR count). The molecule has 1 saturated heterocycles. The van der Waals surface area contributed by atoms with Crippen LogP contribution in [-0.4, -0.2) is 46.1 Å².